The number of carbonyl (C=O) groups is 2. The molecule has 7 heteroatoms. The maximum atomic E-state index is 12.0. The first kappa shape index (κ1) is 17.3. The van der Waals surface area contributed by atoms with Crippen molar-refractivity contribution in [3.8, 4) is 0 Å². The lowest BCUT2D eigenvalue weighted by Crippen LogP contribution is -2.38. The quantitative estimate of drug-likeness (QED) is 0.732. The first-order valence-corrected chi connectivity index (χ1v) is 7.71. The van der Waals surface area contributed by atoms with Crippen molar-refractivity contribution >= 4 is 22.7 Å². The Morgan fingerprint density at radius 1 is 1.33 bits per heavy atom. The molecule has 0 saturated heterocycles. The van der Waals surface area contributed by atoms with Crippen LogP contribution < -0.4 is 5.32 Å². The Morgan fingerprint density at radius 3 is 2.48 bits per heavy atom. The standard InChI is InChI=1S/C14H19NO5S/c1-10(8-20-2)15-13(16)9-21(19)12-5-3-11(4-6-12)7-14(17)18/h3-6,10H,7-9H2,1-2H3,(H,15,16)(H,17,18). The highest BCUT2D eigenvalue weighted by molar-refractivity contribution is 7.85. The minimum Gasteiger partial charge on any atom is -0.481 e. The lowest BCUT2D eigenvalue weighted by atomic mass is 10.2. The number of nitrogens with one attached hydrogen (secondary N) is 1. The zero-order valence-electron chi connectivity index (χ0n) is 12.0. The van der Waals surface area contributed by atoms with E-state index in [2.05, 4.69) is 5.32 Å². The zero-order valence-corrected chi connectivity index (χ0v) is 12.8. The lowest BCUT2D eigenvalue weighted by Gasteiger charge is -2.12. The summed E-state index contributed by atoms with van der Waals surface area (Å²) in [6.45, 7) is 2.19. The van der Waals surface area contributed by atoms with Crippen LogP contribution in [0.2, 0.25) is 0 Å². The van der Waals surface area contributed by atoms with Gasteiger partial charge in [0.25, 0.3) is 0 Å². The molecule has 0 heterocycles. The fourth-order valence-electron chi connectivity index (χ4n) is 1.74. The molecule has 2 atom stereocenters. The van der Waals surface area contributed by atoms with Gasteiger partial charge in [-0.15, -0.1) is 0 Å². The molecular weight excluding hydrogens is 294 g/mol. The third-order valence-electron chi connectivity index (χ3n) is 2.63. The summed E-state index contributed by atoms with van der Waals surface area (Å²) in [7, 11) is 0.0861. The lowest BCUT2D eigenvalue weighted by molar-refractivity contribution is -0.136. The molecule has 6 nitrogen and oxygen atoms in total. The van der Waals surface area contributed by atoms with Crippen LogP contribution in [0.15, 0.2) is 29.2 Å². The van der Waals surface area contributed by atoms with E-state index in [0.717, 1.165) is 0 Å². The number of amides is 1. The van der Waals surface area contributed by atoms with Crippen molar-refractivity contribution in [3.63, 3.8) is 0 Å². The van der Waals surface area contributed by atoms with E-state index in [-0.39, 0.29) is 24.1 Å². The molecule has 0 aliphatic carbocycles. The Bertz CT molecular complexity index is 515. The molecule has 0 fully saturated rings. The highest BCUT2D eigenvalue weighted by atomic mass is 32.2. The molecule has 1 rings (SSSR count). The summed E-state index contributed by atoms with van der Waals surface area (Å²) in [4.78, 5) is 22.8. The van der Waals surface area contributed by atoms with Gasteiger partial charge in [0, 0.05) is 18.0 Å². The fraction of sp³-hybridized carbons (Fsp3) is 0.429. The molecule has 2 unspecified atom stereocenters. The van der Waals surface area contributed by atoms with E-state index in [4.69, 9.17) is 9.84 Å². The number of rotatable bonds is 8. The van der Waals surface area contributed by atoms with Gasteiger partial charge in [-0.25, -0.2) is 0 Å². The van der Waals surface area contributed by atoms with E-state index in [1.807, 2.05) is 0 Å². The highest BCUT2D eigenvalue weighted by Crippen LogP contribution is 2.10. The summed E-state index contributed by atoms with van der Waals surface area (Å²) < 4.78 is 16.9. The molecule has 21 heavy (non-hydrogen) atoms. The minimum atomic E-state index is -1.46. The minimum absolute atomic E-state index is 0.0814. The third kappa shape index (κ3) is 6.50. The SMILES string of the molecule is COCC(C)NC(=O)CS(=O)c1ccc(CC(=O)O)cc1. The first-order chi connectivity index (χ1) is 9.92. The third-order valence-corrected chi connectivity index (χ3v) is 3.95. The number of carboxylic acid groups (broad SMARTS) is 1. The van der Waals surface area contributed by atoms with Crippen molar-refractivity contribution in [1.82, 2.24) is 5.32 Å². The van der Waals surface area contributed by atoms with Crippen molar-refractivity contribution in [3.05, 3.63) is 29.8 Å². The van der Waals surface area contributed by atoms with Gasteiger partial charge in [0.05, 0.1) is 23.8 Å². The number of carboxylic acids is 1. The van der Waals surface area contributed by atoms with Crippen LogP contribution in [-0.2, 0) is 31.5 Å². The molecule has 116 valence electrons. The van der Waals surface area contributed by atoms with E-state index < -0.39 is 16.8 Å². The van der Waals surface area contributed by atoms with Crippen LogP contribution in [0.3, 0.4) is 0 Å². The van der Waals surface area contributed by atoms with Crippen LogP contribution in [-0.4, -0.2) is 46.7 Å². The Hall–Kier alpha value is -1.73. The average Bonchev–Trinajstić information content (AvgIpc) is 2.38. The molecule has 0 spiro atoms. The molecule has 1 aromatic carbocycles. The normalized spacial score (nSPS) is 13.4. The number of ether oxygens (including phenoxy) is 1. The van der Waals surface area contributed by atoms with E-state index in [0.29, 0.717) is 17.1 Å². The van der Waals surface area contributed by atoms with Crippen LogP contribution in [0.4, 0.5) is 0 Å². The topological polar surface area (TPSA) is 92.7 Å². The summed E-state index contributed by atoms with van der Waals surface area (Å²) in [5.74, 6) is -1.37. The number of aliphatic carboxylic acids is 1. The van der Waals surface area contributed by atoms with Crippen molar-refractivity contribution in [2.75, 3.05) is 19.5 Å². The second kappa shape index (κ2) is 8.53. The molecule has 0 radical (unpaired) electrons. The fourth-order valence-corrected chi connectivity index (χ4v) is 2.67. The molecule has 0 aliphatic heterocycles. The summed E-state index contributed by atoms with van der Waals surface area (Å²) in [6, 6.07) is 6.23. The molecule has 0 saturated carbocycles. The Balaban J connectivity index is 2.55. The summed E-state index contributed by atoms with van der Waals surface area (Å²) in [5.41, 5.74) is 0.626. The summed E-state index contributed by atoms with van der Waals surface area (Å²) in [6.07, 6.45) is -0.0814. The molecule has 0 aliphatic rings. The maximum absolute atomic E-state index is 12.0. The number of hydrogen-bond acceptors (Lipinski definition) is 4. The van der Waals surface area contributed by atoms with Gasteiger partial charge in [0.15, 0.2) is 0 Å². The first-order valence-electron chi connectivity index (χ1n) is 6.39. The van der Waals surface area contributed by atoms with Gasteiger partial charge in [0.1, 0.15) is 5.75 Å². The van der Waals surface area contributed by atoms with Crippen molar-refractivity contribution in [1.29, 1.82) is 0 Å². The number of carbonyl (C=O) groups excluding carboxylic acids is 1. The van der Waals surface area contributed by atoms with E-state index >= 15 is 0 Å². The van der Waals surface area contributed by atoms with E-state index in [9.17, 15) is 13.8 Å². The van der Waals surface area contributed by atoms with Crippen molar-refractivity contribution in [2.45, 2.75) is 24.3 Å². The van der Waals surface area contributed by atoms with Crippen molar-refractivity contribution in [2.24, 2.45) is 0 Å². The monoisotopic (exact) mass is 313 g/mol. The summed E-state index contributed by atoms with van der Waals surface area (Å²) >= 11 is 0. The Labute approximate surface area is 126 Å². The second-order valence-corrected chi connectivity index (χ2v) is 6.08. The number of methoxy groups -OCH3 is 1. The average molecular weight is 313 g/mol. The second-order valence-electron chi connectivity index (χ2n) is 4.63. The molecule has 0 bridgehead atoms. The molecule has 1 aromatic rings. The van der Waals surface area contributed by atoms with Gasteiger partial charge in [0.2, 0.25) is 5.91 Å². The smallest absolute Gasteiger partial charge is 0.307 e. The highest BCUT2D eigenvalue weighted by Gasteiger charge is 2.13. The van der Waals surface area contributed by atoms with Gasteiger partial charge in [-0.3, -0.25) is 13.8 Å². The number of benzene rings is 1. The Kier molecular flexibility index (Phi) is 7.04. The van der Waals surface area contributed by atoms with Gasteiger partial charge in [-0.05, 0) is 24.6 Å². The molecule has 0 aromatic heterocycles. The van der Waals surface area contributed by atoms with E-state index in [1.54, 1.807) is 38.3 Å². The van der Waals surface area contributed by atoms with Gasteiger partial charge in [-0.1, -0.05) is 12.1 Å². The van der Waals surface area contributed by atoms with Gasteiger partial charge >= 0.3 is 5.97 Å². The van der Waals surface area contributed by atoms with Crippen LogP contribution in [0, 0.1) is 0 Å². The van der Waals surface area contributed by atoms with Gasteiger partial charge < -0.3 is 15.2 Å². The Morgan fingerprint density at radius 2 is 1.95 bits per heavy atom. The van der Waals surface area contributed by atoms with Gasteiger partial charge in [-0.2, -0.15) is 0 Å². The van der Waals surface area contributed by atoms with Crippen LogP contribution in [0.25, 0.3) is 0 Å². The maximum Gasteiger partial charge on any atom is 0.307 e. The zero-order chi connectivity index (χ0) is 15.8. The molecule has 1 amide bonds. The summed E-state index contributed by atoms with van der Waals surface area (Å²) in [5, 5.41) is 11.4. The predicted octanol–water partition coefficient (Wildman–Crippen LogP) is 0.572. The van der Waals surface area contributed by atoms with Crippen LogP contribution >= 0.6 is 0 Å². The molecular formula is C14H19NO5S. The molecule has 2 N–H and O–H groups in total. The van der Waals surface area contributed by atoms with Crippen LogP contribution in [0.5, 0.6) is 0 Å². The van der Waals surface area contributed by atoms with Crippen molar-refractivity contribution < 1.29 is 23.6 Å². The predicted molar refractivity (Wildman–Crippen MR) is 78.5 cm³/mol. The van der Waals surface area contributed by atoms with E-state index in [1.165, 1.54) is 0 Å². The van der Waals surface area contributed by atoms with Crippen LogP contribution in [0.1, 0.15) is 12.5 Å². The number of hydrogen-bond donors (Lipinski definition) is 2. The largest absolute Gasteiger partial charge is 0.481 e.